The smallest absolute Gasteiger partial charge is 0.345 e. The van der Waals surface area contributed by atoms with Gasteiger partial charge in [0.2, 0.25) is 0 Å². The van der Waals surface area contributed by atoms with E-state index < -0.39 is 11.6 Å². The molecule has 8 nitrogen and oxygen atoms in total. The minimum atomic E-state index is -0.581. The lowest BCUT2D eigenvalue weighted by molar-refractivity contribution is 0.0949. The zero-order valence-electron chi connectivity index (χ0n) is 14.3. The average Bonchev–Trinajstić information content (AvgIpc) is 2.59. The number of rotatable bonds is 7. The monoisotopic (exact) mass is 344 g/mol. The van der Waals surface area contributed by atoms with Crippen LogP contribution < -0.4 is 20.6 Å². The molecule has 1 amide bonds. The van der Waals surface area contributed by atoms with E-state index in [0.29, 0.717) is 23.8 Å². The first kappa shape index (κ1) is 18.2. The van der Waals surface area contributed by atoms with Gasteiger partial charge in [-0.1, -0.05) is 6.92 Å². The number of amides is 1. The van der Waals surface area contributed by atoms with Crippen molar-refractivity contribution in [3.63, 3.8) is 0 Å². The van der Waals surface area contributed by atoms with E-state index in [0.717, 1.165) is 12.0 Å². The third kappa shape index (κ3) is 5.17. The molecule has 0 bridgehead atoms. The number of carbonyl (C=O) groups excluding carboxylic acids is 1. The van der Waals surface area contributed by atoms with Crippen LogP contribution in [0.25, 0.3) is 0 Å². The SMILES string of the molecule is CCCOc1cc(/C=N/NC(=O)c2cc(C)[nH]c(=O)n2)ccc1OC. The number of ether oxygens (including phenoxy) is 2. The van der Waals surface area contributed by atoms with Gasteiger partial charge in [0, 0.05) is 5.69 Å². The molecule has 0 spiro atoms. The number of carbonyl (C=O) groups is 1. The molecule has 0 fully saturated rings. The van der Waals surface area contributed by atoms with Crippen molar-refractivity contribution in [2.45, 2.75) is 20.3 Å². The number of aryl methyl sites for hydroxylation is 1. The van der Waals surface area contributed by atoms with Gasteiger partial charge in [0.1, 0.15) is 5.69 Å². The normalized spacial score (nSPS) is 10.7. The molecule has 2 aromatic rings. The van der Waals surface area contributed by atoms with Crippen LogP contribution >= 0.6 is 0 Å². The second-order valence-electron chi connectivity index (χ2n) is 5.21. The number of H-pyrrole nitrogens is 1. The number of benzene rings is 1. The van der Waals surface area contributed by atoms with Gasteiger partial charge in [-0.05, 0) is 43.2 Å². The highest BCUT2D eigenvalue weighted by Gasteiger charge is 2.08. The maximum Gasteiger partial charge on any atom is 0.345 e. The lowest BCUT2D eigenvalue weighted by Gasteiger charge is -2.10. The number of nitrogens with zero attached hydrogens (tertiary/aromatic N) is 2. The number of hydrazone groups is 1. The summed E-state index contributed by atoms with van der Waals surface area (Å²) in [5.41, 5.74) is 3.02. The van der Waals surface area contributed by atoms with Crippen molar-refractivity contribution in [1.82, 2.24) is 15.4 Å². The maximum atomic E-state index is 12.0. The first-order valence-corrected chi connectivity index (χ1v) is 7.75. The van der Waals surface area contributed by atoms with Crippen LogP contribution in [0, 0.1) is 6.92 Å². The summed E-state index contributed by atoms with van der Waals surface area (Å²) in [6, 6.07) is 6.77. The highest BCUT2D eigenvalue weighted by Crippen LogP contribution is 2.27. The van der Waals surface area contributed by atoms with Gasteiger partial charge in [-0.2, -0.15) is 10.1 Å². The van der Waals surface area contributed by atoms with Crippen LogP contribution in [0.2, 0.25) is 0 Å². The van der Waals surface area contributed by atoms with E-state index in [9.17, 15) is 9.59 Å². The molecule has 132 valence electrons. The fourth-order valence-corrected chi connectivity index (χ4v) is 2.02. The van der Waals surface area contributed by atoms with Gasteiger partial charge in [0.15, 0.2) is 11.5 Å². The minimum Gasteiger partial charge on any atom is -0.493 e. The van der Waals surface area contributed by atoms with Crippen molar-refractivity contribution in [3.05, 3.63) is 51.7 Å². The average molecular weight is 344 g/mol. The third-order valence-corrected chi connectivity index (χ3v) is 3.14. The summed E-state index contributed by atoms with van der Waals surface area (Å²) >= 11 is 0. The Labute approximate surface area is 144 Å². The third-order valence-electron chi connectivity index (χ3n) is 3.14. The summed E-state index contributed by atoms with van der Waals surface area (Å²) in [7, 11) is 1.57. The van der Waals surface area contributed by atoms with Crippen molar-refractivity contribution >= 4 is 12.1 Å². The molecule has 0 atom stereocenters. The molecule has 0 saturated carbocycles. The molecule has 0 aliphatic rings. The molecule has 2 rings (SSSR count). The van der Waals surface area contributed by atoms with Crippen LogP contribution in [0.3, 0.4) is 0 Å². The van der Waals surface area contributed by atoms with Crippen LogP contribution in [0.1, 0.15) is 35.1 Å². The Balaban J connectivity index is 2.08. The van der Waals surface area contributed by atoms with E-state index in [1.165, 1.54) is 12.3 Å². The first-order valence-electron chi connectivity index (χ1n) is 7.75. The fraction of sp³-hybridized carbons (Fsp3) is 0.294. The molecule has 0 unspecified atom stereocenters. The van der Waals surface area contributed by atoms with Crippen molar-refractivity contribution in [2.75, 3.05) is 13.7 Å². The minimum absolute atomic E-state index is 0.0000917. The maximum absolute atomic E-state index is 12.0. The Hall–Kier alpha value is -3.16. The van der Waals surface area contributed by atoms with Gasteiger partial charge in [-0.15, -0.1) is 0 Å². The van der Waals surface area contributed by atoms with Crippen LogP contribution in [-0.4, -0.2) is 35.8 Å². The van der Waals surface area contributed by atoms with Crippen LogP contribution in [0.15, 0.2) is 34.2 Å². The van der Waals surface area contributed by atoms with E-state index >= 15 is 0 Å². The Kier molecular flexibility index (Phi) is 6.27. The first-order chi connectivity index (χ1) is 12.0. The molecule has 0 saturated heterocycles. The van der Waals surface area contributed by atoms with Crippen molar-refractivity contribution in [2.24, 2.45) is 5.10 Å². The quantitative estimate of drug-likeness (QED) is 0.587. The van der Waals surface area contributed by atoms with Gasteiger partial charge >= 0.3 is 5.69 Å². The zero-order chi connectivity index (χ0) is 18.2. The molecule has 1 aromatic heterocycles. The lowest BCUT2D eigenvalue weighted by Crippen LogP contribution is -2.24. The summed E-state index contributed by atoms with van der Waals surface area (Å²) in [5.74, 6) is 0.658. The van der Waals surface area contributed by atoms with Crippen LogP contribution in [-0.2, 0) is 0 Å². The van der Waals surface area contributed by atoms with Gasteiger partial charge in [-0.3, -0.25) is 4.79 Å². The topological polar surface area (TPSA) is 106 Å². The van der Waals surface area contributed by atoms with Crippen LogP contribution in [0.4, 0.5) is 0 Å². The number of methoxy groups -OCH3 is 1. The predicted molar refractivity (Wildman–Crippen MR) is 93.4 cm³/mol. The summed E-state index contributed by atoms with van der Waals surface area (Å²) in [6.45, 7) is 4.25. The van der Waals surface area contributed by atoms with Gasteiger partial charge in [0.05, 0.1) is 19.9 Å². The Morgan fingerprint density at radius 1 is 1.36 bits per heavy atom. The number of aromatic amines is 1. The van der Waals surface area contributed by atoms with Gasteiger partial charge < -0.3 is 14.5 Å². The van der Waals surface area contributed by atoms with E-state index in [2.05, 4.69) is 20.5 Å². The van der Waals surface area contributed by atoms with E-state index in [1.54, 1.807) is 32.2 Å². The lowest BCUT2D eigenvalue weighted by atomic mass is 10.2. The summed E-state index contributed by atoms with van der Waals surface area (Å²) < 4.78 is 10.9. The number of aromatic nitrogens is 2. The molecule has 1 aromatic carbocycles. The second kappa shape index (κ2) is 8.62. The zero-order valence-corrected chi connectivity index (χ0v) is 14.3. The molecule has 1 heterocycles. The molecule has 0 aliphatic heterocycles. The highest BCUT2D eigenvalue weighted by molar-refractivity contribution is 5.93. The molecular formula is C17H20N4O4. The predicted octanol–water partition coefficient (Wildman–Crippen LogP) is 1.64. The summed E-state index contributed by atoms with van der Waals surface area (Å²) in [4.78, 5) is 29.3. The Morgan fingerprint density at radius 3 is 2.84 bits per heavy atom. The molecule has 2 N–H and O–H groups in total. The Morgan fingerprint density at radius 2 is 2.16 bits per heavy atom. The standard InChI is InChI=1S/C17H20N4O4/c1-4-7-25-15-9-12(5-6-14(15)24-3)10-18-21-16(22)13-8-11(2)19-17(23)20-13/h5-6,8-10H,4,7H2,1-3H3,(H,21,22)(H,19,20,23)/b18-10+. The second-order valence-corrected chi connectivity index (χ2v) is 5.21. The number of nitrogens with one attached hydrogen (secondary N) is 2. The molecule has 0 radical (unpaired) electrons. The molecule has 8 heteroatoms. The van der Waals surface area contributed by atoms with Crippen molar-refractivity contribution in [3.8, 4) is 11.5 Å². The van der Waals surface area contributed by atoms with Gasteiger partial charge in [-0.25, -0.2) is 10.2 Å². The van der Waals surface area contributed by atoms with Crippen molar-refractivity contribution in [1.29, 1.82) is 0 Å². The summed E-state index contributed by atoms with van der Waals surface area (Å²) in [5, 5.41) is 3.88. The molecular weight excluding hydrogens is 324 g/mol. The molecule has 25 heavy (non-hydrogen) atoms. The van der Waals surface area contributed by atoms with Gasteiger partial charge in [0.25, 0.3) is 5.91 Å². The van der Waals surface area contributed by atoms with Crippen LogP contribution in [0.5, 0.6) is 11.5 Å². The summed E-state index contributed by atoms with van der Waals surface area (Å²) in [6.07, 6.45) is 2.34. The van der Waals surface area contributed by atoms with Crippen molar-refractivity contribution < 1.29 is 14.3 Å². The Bertz CT molecular complexity index is 830. The van der Waals surface area contributed by atoms with E-state index in [1.807, 2.05) is 6.92 Å². The van der Waals surface area contributed by atoms with E-state index in [-0.39, 0.29) is 5.69 Å². The largest absolute Gasteiger partial charge is 0.493 e. The fourth-order valence-electron chi connectivity index (χ4n) is 2.02. The number of hydrogen-bond donors (Lipinski definition) is 2. The molecule has 0 aliphatic carbocycles. The highest BCUT2D eigenvalue weighted by atomic mass is 16.5. The van der Waals surface area contributed by atoms with E-state index in [4.69, 9.17) is 9.47 Å². The number of hydrogen-bond acceptors (Lipinski definition) is 6.